The minimum absolute atomic E-state index is 0.0506. The Labute approximate surface area is 86.5 Å². The smallest absolute Gasteiger partial charge is 0.317 e. The van der Waals surface area contributed by atoms with Crippen LogP contribution < -0.4 is 11.1 Å². The Bertz CT molecular complexity index is 453. The van der Waals surface area contributed by atoms with Crippen LogP contribution in [0.1, 0.15) is 11.4 Å². The fraction of sp³-hybridized carbons (Fsp3) is 0.222. The number of hydrogen-bond donors (Lipinski definition) is 2. The van der Waals surface area contributed by atoms with E-state index < -0.39 is 0 Å². The Kier molecular flexibility index (Phi) is 2.49. The van der Waals surface area contributed by atoms with E-state index in [2.05, 4.69) is 20.5 Å². The summed E-state index contributed by atoms with van der Waals surface area (Å²) >= 11 is 0. The molecule has 0 amide bonds. The highest BCUT2D eigenvalue weighted by atomic mass is 16.4. The average Bonchev–Trinajstić information content (AvgIpc) is 2.62. The van der Waals surface area contributed by atoms with E-state index in [-0.39, 0.29) is 6.01 Å². The lowest BCUT2D eigenvalue weighted by molar-refractivity contribution is 0.585. The van der Waals surface area contributed by atoms with Crippen molar-refractivity contribution in [2.45, 2.75) is 13.5 Å². The largest absolute Gasteiger partial charge is 0.390 e. The van der Waals surface area contributed by atoms with Gasteiger partial charge in [-0.25, -0.2) is 0 Å². The number of anilines is 2. The molecule has 2 rings (SSSR count). The van der Waals surface area contributed by atoms with Gasteiger partial charge in [-0.2, -0.15) is 0 Å². The van der Waals surface area contributed by atoms with Gasteiger partial charge in [-0.3, -0.25) is 4.98 Å². The van der Waals surface area contributed by atoms with E-state index in [1.807, 2.05) is 25.1 Å². The second-order valence-electron chi connectivity index (χ2n) is 3.07. The number of pyridine rings is 1. The van der Waals surface area contributed by atoms with Crippen LogP contribution in [0.5, 0.6) is 0 Å². The molecule has 0 aliphatic heterocycles. The zero-order valence-corrected chi connectivity index (χ0v) is 8.27. The van der Waals surface area contributed by atoms with Gasteiger partial charge in [-0.1, -0.05) is 16.3 Å². The SMILES string of the molecule is Cc1cccc(CNc2nnc(N)o2)n1. The predicted molar refractivity (Wildman–Crippen MR) is 55.0 cm³/mol. The number of nitrogens with two attached hydrogens (primary N) is 1. The second-order valence-corrected chi connectivity index (χ2v) is 3.07. The van der Waals surface area contributed by atoms with E-state index in [0.717, 1.165) is 11.4 Å². The highest BCUT2D eigenvalue weighted by Gasteiger charge is 2.01. The minimum atomic E-state index is 0.0506. The summed E-state index contributed by atoms with van der Waals surface area (Å²) in [6, 6.07) is 6.15. The van der Waals surface area contributed by atoms with Gasteiger partial charge in [-0.15, -0.1) is 0 Å². The maximum Gasteiger partial charge on any atom is 0.317 e. The summed E-state index contributed by atoms with van der Waals surface area (Å²) in [4.78, 5) is 4.31. The van der Waals surface area contributed by atoms with Crippen molar-refractivity contribution in [3.05, 3.63) is 29.6 Å². The lowest BCUT2D eigenvalue weighted by Gasteiger charge is -2.01. The number of nitrogens with zero attached hydrogens (tertiary/aromatic N) is 3. The summed E-state index contributed by atoms with van der Waals surface area (Å²) < 4.78 is 4.95. The molecule has 2 heterocycles. The molecule has 0 aromatic carbocycles. The first-order valence-electron chi connectivity index (χ1n) is 4.49. The van der Waals surface area contributed by atoms with Crippen LogP contribution in [0, 0.1) is 6.92 Å². The molecule has 2 aromatic heterocycles. The van der Waals surface area contributed by atoms with E-state index in [9.17, 15) is 0 Å². The fourth-order valence-electron chi connectivity index (χ4n) is 1.17. The van der Waals surface area contributed by atoms with Crippen LogP contribution in [0.2, 0.25) is 0 Å². The molecule has 0 saturated carbocycles. The monoisotopic (exact) mass is 205 g/mol. The lowest BCUT2D eigenvalue weighted by atomic mass is 10.3. The first-order valence-corrected chi connectivity index (χ1v) is 4.49. The molecule has 0 saturated heterocycles. The van der Waals surface area contributed by atoms with Crippen LogP contribution in [0.3, 0.4) is 0 Å². The molecule has 6 nitrogen and oxygen atoms in total. The van der Waals surface area contributed by atoms with Gasteiger partial charge in [0.1, 0.15) is 0 Å². The van der Waals surface area contributed by atoms with Crippen LogP contribution in [0.25, 0.3) is 0 Å². The molecule has 3 N–H and O–H groups in total. The molecule has 0 bridgehead atoms. The molecule has 78 valence electrons. The molecule has 2 aromatic rings. The van der Waals surface area contributed by atoms with Crippen molar-refractivity contribution < 1.29 is 4.42 Å². The molecule has 0 aliphatic carbocycles. The van der Waals surface area contributed by atoms with Crippen molar-refractivity contribution in [2.75, 3.05) is 11.1 Å². The molecule has 15 heavy (non-hydrogen) atoms. The minimum Gasteiger partial charge on any atom is -0.390 e. The van der Waals surface area contributed by atoms with Crippen LogP contribution >= 0.6 is 0 Å². The number of aromatic nitrogens is 3. The van der Waals surface area contributed by atoms with Crippen LogP contribution in [-0.2, 0) is 6.54 Å². The fourth-order valence-corrected chi connectivity index (χ4v) is 1.17. The quantitative estimate of drug-likeness (QED) is 0.775. The number of nitrogens with one attached hydrogen (secondary N) is 1. The van der Waals surface area contributed by atoms with E-state index in [1.54, 1.807) is 0 Å². The van der Waals surface area contributed by atoms with Gasteiger partial charge in [0.25, 0.3) is 0 Å². The van der Waals surface area contributed by atoms with E-state index in [1.165, 1.54) is 0 Å². The van der Waals surface area contributed by atoms with Crippen molar-refractivity contribution in [1.29, 1.82) is 0 Å². The number of nitrogen functional groups attached to an aromatic ring is 1. The Morgan fingerprint density at radius 2 is 2.27 bits per heavy atom. The molecule has 0 unspecified atom stereocenters. The third-order valence-corrected chi connectivity index (χ3v) is 1.81. The zero-order valence-electron chi connectivity index (χ0n) is 8.27. The third kappa shape index (κ3) is 2.43. The first kappa shape index (κ1) is 9.45. The van der Waals surface area contributed by atoms with Crippen molar-refractivity contribution >= 4 is 12.0 Å². The summed E-state index contributed by atoms with van der Waals surface area (Å²) in [6.45, 7) is 2.47. The van der Waals surface area contributed by atoms with Crippen LogP contribution in [0.15, 0.2) is 22.6 Å². The third-order valence-electron chi connectivity index (χ3n) is 1.81. The van der Waals surface area contributed by atoms with Crippen molar-refractivity contribution in [3.8, 4) is 0 Å². The van der Waals surface area contributed by atoms with Gasteiger partial charge >= 0.3 is 12.0 Å². The van der Waals surface area contributed by atoms with Gasteiger partial charge in [0.05, 0.1) is 12.2 Å². The highest BCUT2D eigenvalue weighted by Crippen LogP contribution is 2.07. The standard InChI is InChI=1S/C9H11N5O/c1-6-3-2-4-7(12-6)5-11-9-14-13-8(10)15-9/h2-4H,5H2,1H3,(H2,10,13)(H,11,14). The topological polar surface area (TPSA) is 89.9 Å². The second kappa shape index (κ2) is 3.95. The van der Waals surface area contributed by atoms with Gasteiger partial charge in [0, 0.05) is 5.69 Å². The average molecular weight is 205 g/mol. The van der Waals surface area contributed by atoms with E-state index >= 15 is 0 Å². The highest BCUT2D eigenvalue weighted by molar-refractivity contribution is 5.24. The predicted octanol–water partition coefficient (Wildman–Crippen LogP) is 0.967. The Balaban J connectivity index is 1.99. The van der Waals surface area contributed by atoms with Crippen LogP contribution in [-0.4, -0.2) is 15.2 Å². The Morgan fingerprint density at radius 3 is 2.93 bits per heavy atom. The number of rotatable bonds is 3. The van der Waals surface area contributed by atoms with Crippen molar-refractivity contribution in [2.24, 2.45) is 0 Å². The van der Waals surface area contributed by atoms with E-state index in [4.69, 9.17) is 10.2 Å². The lowest BCUT2D eigenvalue weighted by Crippen LogP contribution is -2.02. The van der Waals surface area contributed by atoms with Crippen molar-refractivity contribution in [1.82, 2.24) is 15.2 Å². The molecular formula is C9H11N5O. The molecule has 0 fully saturated rings. The van der Waals surface area contributed by atoms with Gasteiger partial charge in [0.2, 0.25) is 0 Å². The summed E-state index contributed by atoms with van der Waals surface area (Å²) in [5, 5.41) is 10.1. The summed E-state index contributed by atoms with van der Waals surface area (Å²) in [6.07, 6.45) is 0. The van der Waals surface area contributed by atoms with E-state index in [0.29, 0.717) is 12.6 Å². The summed E-state index contributed by atoms with van der Waals surface area (Å²) in [7, 11) is 0. The Morgan fingerprint density at radius 1 is 1.40 bits per heavy atom. The normalized spacial score (nSPS) is 10.2. The molecule has 0 radical (unpaired) electrons. The van der Waals surface area contributed by atoms with Gasteiger partial charge < -0.3 is 15.5 Å². The van der Waals surface area contributed by atoms with Gasteiger partial charge in [-0.05, 0) is 19.1 Å². The first-order chi connectivity index (χ1) is 7.24. The number of hydrogen-bond acceptors (Lipinski definition) is 6. The Hall–Kier alpha value is -2.11. The maximum absolute atomic E-state index is 5.28. The van der Waals surface area contributed by atoms with Crippen LogP contribution in [0.4, 0.5) is 12.0 Å². The summed E-state index contributed by atoms with van der Waals surface area (Å²) in [5.74, 6) is 0. The molecule has 0 spiro atoms. The summed E-state index contributed by atoms with van der Waals surface area (Å²) in [5.41, 5.74) is 7.16. The zero-order chi connectivity index (χ0) is 10.7. The molecule has 0 aliphatic rings. The maximum atomic E-state index is 5.28. The molecule has 0 atom stereocenters. The number of aryl methyl sites for hydroxylation is 1. The van der Waals surface area contributed by atoms with Gasteiger partial charge in [0.15, 0.2) is 0 Å². The molecule has 6 heteroatoms. The van der Waals surface area contributed by atoms with Crippen molar-refractivity contribution in [3.63, 3.8) is 0 Å². The molecular weight excluding hydrogens is 194 g/mol.